The minimum Gasteiger partial charge on any atom is -0.481 e. The number of carbonyl (C=O) groups is 2. The Morgan fingerprint density at radius 2 is 1.76 bits per heavy atom. The topological polar surface area (TPSA) is 101 Å². The van der Waals surface area contributed by atoms with Gasteiger partial charge in [0, 0.05) is 30.2 Å². The van der Waals surface area contributed by atoms with E-state index in [0.717, 1.165) is 22.3 Å². The molecule has 3 aromatic rings. The molecule has 7 nitrogen and oxygen atoms in total. The van der Waals surface area contributed by atoms with Crippen molar-refractivity contribution in [2.45, 2.75) is 52.6 Å². The van der Waals surface area contributed by atoms with Gasteiger partial charge in [0.25, 0.3) is 5.56 Å². The van der Waals surface area contributed by atoms with Crippen LogP contribution in [0.4, 0.5) is 0 Å². The van der Waals surface area contributed by atoms with E-state index in [4.69, 9.17) is 0 Å². The summed E-state index contributed by atoms with van der Waals surface area (Å²) >= 11 is 0. The predicted molar refractivity (Wildman–Crippen MR) is 131 cm³/mol. The molecule has 0 spiro atoms. The zero-order valence-corrected chi connectivity index (χ0v) is 20.0. The molecule has 2 N–H and O–H groups in total. The highest BCUT2D eigenvalue weighted by Gasteiger charge is 2.27. The van der Waals surface area contributed by atoms with E-state index in [1.54, 1.807) is 30.7 Å². The summed E-state index contributed by atoms with van der Waals surface area (Å²) in [7, 11) is 0. The molecular formula is C27H31N3O4. The molecule has 34 heavy (non-hydrogen) atoms. The van der Waals surface area contributed by atoms with Gasteiger partial charge in [-0.25, -0.2) is 0 Å². The summed E-state index contributed by atoms with van der Waals surface area (Å²) in [6.45, 7) is 7.97. The number of aromatic nitrogens is 2. The minimum absolute atomic E-state index is 0.148. The molecule has 0 bridgehead atoms. The van der Waals surface area contributed by atoms with Gasteiger partial charge in [0.1, 0.15) is 6.04 Å². The van der Waals surface area contributed by atoms with Gasteiger partial charge in [-0.05, 0) is 60.6 Å². The normalized spacial score (nSPS) is 12.9. The number of hydrogen-bond donors (Lipinski definition) is 2. The molecular weight excluding hydrogens is 430 g/mol. The molecule has 0 unspecified atom stereocenters. The lowest BCUT2D eigenvalue weighted by atomic mass is 9.94. The fourth-order valence-corrected chi connectivity index (χ4v) is 4.24. The molecule has 2 aromatic heterocycles. The van der Waals surface area contributed by atoms with Crippen molar-refractivity contribution in [1.29, 1.82) is 0 Å². The van der Waals surface area contributed by atoms with Crippen LogP contribution in [0.3, 0.4) is 0 Å². The Kier molecular flexibility index (Phi) is 7.99. The van der Waals surface area contributed by atoms with Crippen molar-refractivity contribution in [3.05, 3.63) is 88.1 Å². The highest BCUT2D eigenvalue weighted by molar-refractivity contribution is 5.82. The monoisotopic (exact) mass is 461 g/mol. The Bertz CT molecular complexity index is 1210. The van der Waals surface area contributed by atoms with Crippen LogP contribution in [0, 0.1) is 19.8 Å². The second-order valence-electron chi connectivity index (χ2n) is 9.02. The Morgan fingerprint density at radius 1 is 1.06 bits per heavy atom. The van der Waals surface area contributed by atoms with Crippen molar-refractivity contribution in [3.8, 4) is 11.1 Å². The van der Waals surface area contributed by atoms with Crippen LogP contribution in [0.15, 0.2) is 65.8 Å². The summed E-state index contributed by atoms with van der Waals surface area (Å²) in [5.41, 5.74) is 4.37. The Morgan fingerprint density at radius 3 is 2.38 bits per heavy atom. The number of carboxylic acids is 1. The zero-order chi connectivity index (χ0) is 24.8. The number of hydrogen-bond acceptors (Lipinski definition) is 4. The molecule has 2 atom stereocenters. The Labute approximate surface area is 199 Å². The molecule has 2 heterocycles. The number of carboxylic acid groups (broad SMARTS) is 1. The van der Waals surface area contributed by atoms with Crippen molar-refractivity contribution < 1.29 is 14.7 Å². The second kappa shape index (κ2) is 10.9. The van der Waals surface area contributed by atoms with Crippen LogP contribution in [0.5, 0.6) is 0 Å². The highest BCUT2D eigenvalue weighted by atomic mass is 16.4. The third-order valence-corrected chi connectivity index (χ3v) is 5.81. The van der Waals surface area contributed by atoms with Crippen LogP contribution in [0.2, 0.25) is 0 Å². The molecule has 7 heteroatoms. The van der Waals surface area contributed by atoms with Crippen LogP contribution in [0.1, 0.15) is 55.5 Å². The van der Waals surface area contributed by atoms with E-state index >= 15 is 0 Å². The first-order valence-corrected chi connectivity index (χ1v) is 11.4. The summed E-state index contributed by atoms with van der Waals surface area (Å²) in [6, 6.07) is 11.1. The van der Waals surface area contributed by atoms with Gasteiger partial charge in [-0.3, -0.25) is 19.4 Å². The molecule has 0 radical (unpaired) electrons. The van der Waals surface area contributed by atoms with Gasteiger partial charge in [-0.1, -0.05) is 38.1 Å². The summed E-state index contributed by atoms with van der Waals surface area (Å²) in [6.07, 6.45) is 5.04. The molecule has 0 fully saturated rings. The molecule has 0 saturated carbocycles. The van der Waals surface area contributed by atoms with Crippen LogP contribution in [-0.4, -0.2) is 26.5 Å². The van der Waals surface area contributed by atoms with Gasteiger partial charge in [-0.15, -0.1) is 0 Å². The van der Waals surface area contributed by atoms with Crippen molar-refractivity contribution in [2.24, 2.45) is 5.92 Å². The number of aryl methyl sites for hydroxylation is 2. The summed E-state index contributed by atoms with van der Waals surface area (Å²) in [4.78, 5) is 41.8. The number of aliphatic carboxylic acids is 1. The van der Waals surface area contributed by atoms with E-state index in [9.17, 15) is 19.5 Å². The van der Waals surface area contributed by atoms with Crippen LogP contribution in [0.25, 0.3) is 11.1 Å². The maximum atomic E-state index is 13.4. The van der Waals surface area contributed by atoms with Gasteiger partial charge < -0.3 is 15.0 Å². The van der Waals surface area contributed by atoms with Gasteiger partial charge in [-0.2, -0.15) is 0 Å². The summed E-state index contributed by atoms with van der Waals surface area (Å²) in [5.74, 6) is -1.29. The van der Waals surface area contributed by atoms with E-state index in [-0.39, 0.29) is 17.9 Å². The first-order valence-electron chi connectivity index (χ1n) is 11.4. The lowest BCUT2D eigenvalue weighted by Gasteiger charge is -2.25. The number of pyridine rings is 2. The maximum absolute atomic E-state index is 13.4. The lowest BCUT2D eigenvalue weighted by Crippen LogP contribution is -2.40. The van der Waals surface area contributed by atoms with E-state index in [1.165, 1.54) is 10.6 Å². The Balaban J connectivity index is 1.97. The summed E-state index contributed by atoms with van der Waals surface area (Å²) < 4.78 is 1.40. The number of nitrogens with one attached hydrogen (secondary N) is 1. The molecule has 0 aliphatic rings. The van der Waals surface area contributed by atoms with E-state index in [2.05, 4.69) is 10.3 Å². The third-order valence-electron chi connectivity index (χ3n) is 5.81. The van der Waals surface area contributed by atoms with Crippen LogP contribution < -0.4 is 10.9 Å². The standard InChI is InChI=1S/C27H31N3O4/c1-17(2)12-23(30-11-6-5-10-24(30)31)27(34)29-22(14-25(32)33)20-13-21(16-28-15-20)26-18(3)8-7-9-19(26)4/h5-11,13,15-17,22-23H,12,14H2,1-4H3,(H,29,34)(H,32,33)/t22-,23+/m0/s1. The number of amides is 1. The first kappa shape index (κ1) is 24.9. The summed E-state index contributed by atoms with van der Waals surface area (Å²) in [5, 5.41) is 12.4. The molecule has 1 amide bonds. The largest absolute Gasteiger partial charge is 0.481 e. The van der Waals surface area contributed by atoms with Crippen LogP contribution in [-0.2, 0) is 9.59 Å². The fourth-order valence-electron chi connectivity index (χ4n) is 4.24. The highest BCUT2D eigenvalue weighted by Crippen LogP contribution is 2.29. The zero-order valence-electron chi connectivity index (χ0n) is 20.0. The number of nitrogens with zero attached hydrogens (tertiary/aromatic N) is 2. The van der Waals surface area contributed by atoms with Crippen LogP contribution >= 0.6 is 0 Å². The lowest BCUT2D eigenvalue weighted by molar-refractivity contribution is -0.138. The van der Waals surface area contributed by atoms with Gasteiger partial charge in [0.05, 0.1) is 12.5 Å². The average molecular weight is 462 g/mol. The van der Waals surface area contributed by atoms with E-state index < -0.39 is 24.0 Å². The molecule has 3 rings (SSSR count). The average Bonchev–Trinajstić information content (AvgIpc) is 2.77. The number of rotatable bonds is 9. The second-order valence-corrected chi connectivity index (χ2v) is 9.02. The molecule has 0 aliphatic carbocycles. The van der Waals surface area contributed by atoms with Crippen molar-refractivity contribution in [2.75, 3.05) is 0 Å². The van der Waals surface area contributed by atoms with E-state index in [0.29, 0.717) is 12.0 Å². The number of benzene rings is 1. The fraction of sp³-hybridized carbons (Fsp3) is 0.333. The van der Waals surface area contributed by atoms with Crippen molar-refractivity contribution in [1.82, 2.24) is 14.9 Å². The maximum Gasteiger partial charge on any atom is 0.305 e. The number of carbonyl (C=O) groups excluding carboxylic acids is 1. The molecule has 1 aromatic carbocycles. The van der Waals surface area contributed by atoms with Gasteiger partial charge >= 0.3 is 5.97 Å². The van der Waals surface area contributed by atoms with E-state index in [1.807, 2.05) is 52.0 Å². The van der Waals surface area contributed by atoms with Gasteiger partial charge in [0.15, 0.2) is 0 Å². The first-order chi connectivity index (χ1) is 16.2. The van der Waals surface area contributed by atoms with Gasteiger partial charge in [0.2, 0.25) is 5.91 Å². The molecule has 0 aliphatic heterocycles. The predicted octanol–water partition coefficient (Wildman–Crippen LogP) is 4.45. The van der Waals surface area contributed by atoms with Crippen molar-refractivity contribution in [3.63, 3.8) is 0 Å². The smallest absolute Gasteiger partial charge is 0.305 e. The minimum atomic E-state index is -1.04. The Hall–Kier alpha value is -3.74. The van der Waals surface area contributed by atoms with Crippen molar-refractivity contribution >= 4 is 11.9 Å². The molecule has 0 saturated heterocycles. The molecule has 178 valence electrons. The SMILES string of the molecule is Cc1cccc(C)c1-c1cncc([C@H](CC(=O)O)NC(=O)[C@@H](CC(C)C)n2ccccc2=O)c1. The third kappa shape index (κ3) is 5.98. The quantitative estimate of drug-likeness (QED) is 0.490.